The molecule has 0 spiro atoms. The lowest BCUT2D eigenvalue weighted by Crippen LogP contribution is -2.53. The van der Waals surface area contributed by atoms with Crippen LogP contribution in [0.15, 0.2) is 30.3 Å². The van der Waals surface area contributed by atoms with E-state index in [4.69, 9.17) is 23.7 Å². The third-order valence-corrected chi connectivity index (χ3v) is 5.85. The number of nitrogens with one attached hydrogen (secondary N) is 1. The Morgan fingerprint density at radius 3 is 2.35 bits per heavy atom. The fraction of sp³-hybridized carbons (Fsp3) is 0.640. The van der Waals surface area contributed by atoms with Gasteiger partial charge in [-0.1, -0.05) is 44.2 Å². The molecule has 0 aliphatic carbocycles. The smallest absolute Gasteiger partial charge is 0.407 e. The number of hydrogen-bond acceptors (Lipinski definition) is 8. The number of hydrogen-bond donors (Lipinski definition) is 1. The fourth-order valence-electron chi connectivity index (χ4n) is 3.71. The number of rotatable bonds is 12. The van der Waals surface area contributed by atoms with Gasteiger partial charge in [-0.15, -0.1) is 0 Å². The summed E-state index contributed by atoms with van der Waals surface area (Å²) in [7, 11) is 0. The van der Waals surface area contributed by atoms with Gasteiger partial charge in [-0.3, -0.25) is 9.59 Å². The maximum atomic E-state index is 11.8. The number of carbonyl (C=O) groups is 3. The third kappa shape index (κ3) is 9.69. The monoisotopic (exact) mass is 479 g/mol. The first kappa shape index (κ1) is 27.6. The van der Waals surface area contributed by atoms with E-state index >= 15 is 0 Å². The van der Waals surface area contributed by atoms with E-state index in [2.05, 4.69) is 5.32 Å². The van der Waals surface area contributed by atoms with Crippen LogP contribution in [0.5, 0.6) is 0 Å². The zero-order chi connectivity index (χ0) is 24.9. The van der Waals surface area contributed by atoms with E-state index in [1.165, 1.54) is 13.8 Å². The molecule has 1 aromatic carbocycles. The highest BCUT2D eigenvalue weighted by Gasteiger charge is 2.44. The Morgan fingerprint density at radius 2 is 1.68 bits per heavy atom. The molecule has 1 heterocycles. The predicted octanol–water partition coefficient (Wildman–Crippen LogP) is 3.59. The summed E-state index contributed by atoms with van der Waals surface area (Å²) >= 11 is 0. The number of alkyl carbamates (subject to hydrolysis) is 1. The van der Waals surface area contributed by atoms with Crippen LogP contribution in [0, 0.1) is 11.8 Å². The molecule has 0 saturated carbocycles. The minimum Gasteiger partial charge on any atom is -0.463 e. The lowest BCUT2D eigenvalue weighted by Gasteiger charge is -2.43. The Kier molecular flexibility index (Phi) is 11.8. The van der Waals surface area contributed by atoms with Crippen LogP contribution in [-0.4, -0.2) is 56.3 Å². The van der Waals surface area contributed by atoms with Crippen LogP contribution >= 0.6 is 0 Å². The zero-order valence-electron chi connectivity index (χ0n) is 20.5. The molecule has 2 rings (SSSR count). The van der Waals surface area contributed by atoms with Gasteiger partial charge in [0.15, 0.2) is 12.4 Å². The molecule has 5 atom stereocenters. The summed E-state index contributed by atoms with van der Waals surface area (Å²) in [5, 5.41) is 2.74. The Labute approximate surface area is 201 Å². The molecule has 0 aromatic heterocycles. The van der Waals surface area contributed by atoms with Gasteiger partial charge in [0.1, 0.15) is 13.2 Å². The van der Waals surface area contributed by atoms with Gasteiger partial charge in [-0.25, -0.2) is 4.79 Å². The lowest BCUT2D eigenvalue weighted by atomic mass is 9.83. The minimum atomic E-state index is -0.734. The van der Waals surface area contributed by atoms with Crippen molar-refractivity contribution in [3.63, 3.8) is 0 Å². The summed E-state index contributed by atoms with van der Waals surface area (Å²) < 4.78 is 27.7. The molecule has 1 amide bonds. The molecular weight excluding hydrogens is 442 g/mol. The van der Waals surface area contributed by atoms with Gasteiger partial charge < -0.3 is 29.0 Å². The summed E-state index contributed by atoms with van der Waals surface area (Å²) in [6, 6.07) is 9.50. The van der Waals surface area contributed by atoms with Gasteiger partial charge in [-0.2, -0.15) is 0 Å². The molecule has 1 fully saturated rings. The quantitative estimate of drug-likeness (QED) is 0.275. The largest absolute Gasteiger partial charge is 0.463 e. The van der Waals surface area contributed by atoms with Crippen molar-refractivity contribution in [1.29, 1.82) is 0 Å². The van der Waals surface area contributed by atoms with E-state index in [9.17, 15) is 14.4 Å². The van der Waals surface area contributed by atoms with Crippen molar-refractivity contribution in [2.45, 2.75) is 72.1 Å². The normalized spacial score (nSPS) is 24.2. The highest BCUT2D eigenvalue weighted by molar-refractivity contribution is 5.67. The van der Waals surface area contributed by atoms with Crippen LogP contribution in [0.25, 0.3) is 0 Å². The topological polar surface area (TPSA) is 109 Å². The summed E-state index contributed by atoms with van der Waals surface area (Å²) in [5.74, 6) is -0.795. The number of ether oxygens (including phenoxy) is 5. The third-order valence-electron chi connectivity index (χ3n) is 5.85. The van der Waals surface area contributed by atoms with Gasteiger partial charge in [0.2, 0.25) is 0 Å². The van der Waals surface area contributed by atoms with Crippen molar-refractivity contribution in [2.75, 3.05) is 19.8 Å². The van der Waals surface area contributed by atoms with Crippen molar-refractivity contribution in [3.8, 4) is 0 Å². The van der Waals surface area contributed by atoms with Crippen LogP contribution in [-0.2, 0) is 39.9 Å². The second-order valence-electron chi connectivity index (χ2n) is 8.56. The van der Waals surface area contributed by atoms with Gasteiger partial charge in [-0.05, 0) is 30.7 Å². The SMILES string of the molecule is CC(=O)OCC1OC(OCCCCCNC(=O)OCc2ccccc2)[C@@H](OC(C)=O)[C@@H](C)[C@H]1C. The van der Waals surface area contributed by atoms with Gasteiger partial charge in [0, 0.05) is 32.9 Å². The molecule has 0 bridgehead atoms. The minimum absolute atomic E-state index is 0.0104. The Balaban J connectivity index is 1.68. The molecular formula is C25H37NO8. The average Bonchev–Trinajstić information content (AvgIpc) is 2.80. The molecule has 1 aliphatic heterocycles. The molecule has 190 valence electrons. The van der Waals surface area contributed by atoms with Crippen molar-refractivity contribution in [3.05, 3.63) is 35.9 Å². The van der Waals surface area contributed by atoms with E-state index in [1.54, 1.807) is 0 Å². The first-order valence-electron chi connectivity index (χ1n) is 11.8. The molecule has 9 heteroatoms. The van der Waals surface area contributed by atoms with Crippen molar-refractivity contribution in [2.24, 2.45) is 11.8 Å². The van der Waals surface area contributed by atoms with Crippen molar-refractivity contribution in [1.82, 2.24) is 5.32 Å². The van der Waals surface area contributed by atoms with E-state index in [-0.39, 0.29) is 37.1 Å². The van der Waals surface area contributed by atoms with Gasteiger partial charge in [0.05, 0.1) is 6.10 Å². The van der Waals surface area contributed by atoms with Crippen LogP contribution in [0.4, 0.5) is 4.79 Å². The van der Waals surface area contributed by atoms with Crippen LogP contribution in [0.1, 0.15) is 52.5 Å². The van der Waals surface area contributed by atoms with E-state index in [1.807, 2.05) is 44.2 Å². The number of unbranched alkanes of at least 4 members (excludes halogenated alkanes) is 2. The number of benzene rings is 1. The first-order chi connectivity index (χ1) is 16.3. The van der Waals surface area contributed by atoms with Crippen LogP contribution in [0.3, 0.4) is 0 Å². The highest BCUT2D eigenvalue weighted by Crippen LogP contribution is 2.33. The number of esters is 2. The molecule has 9 nitrogen and oxygen atoms in total. The summed E-state index contributed by atoms with van der Waals surface area (Å²) in [6.45, 7) is 7.93. The Bertz CT molecular complexity index is 769. The molecule has 2 unspecified atom stereocenters. The van der Waals surface area contributed by atoms with Gasteiger partial charge >= 0.3 is 18.0 Å². The number of carbonyl (C=O) groups excluding carboxylic acids is 3. The van der Waals surface area contributed by atoms with Crippen LogP contribution in [0.2, 0.25) is 0 Å². The van der Waals surface area contributed by atoms with Crippen molar-refractivity contribution < 1.29 is 38.1 Å². The maximum Gasteiger partial charge on any atom is 0.407 e. The molecule has 1 N–H and O–H groups in total. The summed E-state index contributed by atoms with van der Waals surface area (Å²) in [4.78, 5) is 34.6. The fourth-order valence-corrected chi connectivity index (χ4v) is 3.71. The summed E-state index contributed by atoms with van der Waals surface area (Å²) in [6.07, 6.45) is 0.275. The average molecular weight is 480 g/mol. The predicted molar refractivity (Wildman–Crippen MR) is 124 cm³/mol. The summed E-state index contributed by atoms with van der Waals surface area (Å²) in [5.41, 5.74) is 0.936. The molecule has 1 aliphatic rings. The maximum absolute atomic E-state index is 11.8. The van der Waals surface area contributed by atoms with Crippen LogP contribution < -0.4 is 5.32 Å². The molecule has 1 saturated heterocycles. The van der Waals surface area contributed by atoms with E-state index in [0.29, 0.717) is 13.2 Å². The first-order valence-corrected chi connectivity index (χ1v) is 11.8. The number of amides is 1. The molecule has 1 aromatic rings. The van der Waals surface area contributed by atoms with E-state index in [0.717, 1.165) is 24.8 Å². The zero-order valence-corrected chi connectivity index (χ0v) is 20.5. The Morgan fingerprint density at radius 1 is 0.941 bits per heavy atom. The Hall–Kier alpha value is -2.65. The van der Waals surface area contributed by atoms with Gasteiger partial charge in [0.25, 0.3) is 0 Å². The van der Waals surface area contributed by atoms with E-state index < -0.39 is 24.5 Å². The highest BCUT2D eigenvalue weighted by atomic mass is 16.7. The molecule has 34 heavy (non-hydrogen) atoms. The standard InChI is InChI=1S/C25H37NO8/c1-17-18(2)23(33-20(4)28)24(34-22(17)16-31-19(3)27)30-14-10-6-9-13-26-25(29)32-15-21-11-7-5-8-12-21/h5,7-8,11-12,17-18,22-24H,6,9-10,13-16H2,1-4H3,(H,26,29)/t17-,18+,22?,23+,24?/m1/s1. The molecule has 0 radical (unpaired) electrons. The lowest BCUT2D eigenvalue weighted by molar-refractivity contribution is -0.280. The second-order valence-corrected chi connectivity index (χ2v) is 8.56. The van der Waals surface area contributed by atoms with Crippen molar-refractivity contribution >= 4 is 18.0 Å². The second kappa shape index (κ2) is 14.6.